The quantitative estimate of drug-likeness (QED) is 0.663. The number of hydrogen-bond acceptors (Lipinski definition) is 2. The molecule has 1 aromatic carbocycles. The lowest BCUT2D eigenvalue weighted by Crippen LogP contribution is -2.49. The maximum Gasteiger partial charge on any atom is 0.242 e. The topological polar surface area (TPSA) is 49.4 Å². The van der Waals surface area contributed by atoms with Crippen molar-refractivity contribution in [3.63, 3.8) is 0 Å². The summed E-state index contributed by atoms with van der Waals surface area (Å²) < 4.78 is 13.1. The zero-order valence-corrected chi connectivity index (χ0v) is 15.0. The van der Waals surface area contributed by atoms with Gasteiger partial charge in [-0.2, -0.15) is 0 Å². The summed E-state index contributed by atoms with van der Waals surface area (Å²) in [6.45, 7) is 6.85. The van der Waals surface area contributed by atoms with E-state index in [1.54, 1.807) is 17.0 Å². The molecule has 24 heavy (non-hydrogen) atoms. The first kappa shape index (κ1) is 20.1. The van der Waals surface area contributed by atoms with Gasteiger partial charge in [-0.25, -0.2) is 4.39 Å². The molecular formula is C19H29FN2O2. The molecule has 0 heterocycles. The third-order valence-corrected chi connectivity index (χ3v) is 3.95. The summed E-state index contributed by atoms with van der Waals surface area (Å²) in [6.07, 6.45) is 3.61. The number of carbonyl (C=O) groups excluding carboxylic acids is 2. The summed E-state index contributed by atoms with van der Waals surface area (Å²) in [4.78, 5) is 26.6. The van der Waals surface area contributed by atoms with Crippen LogP contribution < -0.4 is 5.32 Å². The SMILES string of the molecule is CCCCNC(=O)C(CC)N(Cc1ccc(F)cc1)C(=O)CCC. The Morgan fingerprint density at radius 3 is 2.33 bits per heavy atom. The highest BCUT2D eigenvalue weighted by molar-refractivity contribution is 5.87. The molecule has 0 aliphatic carbocycles. The van der Waals surface area contributed by atoms with Gasteiger partial charge < -0.3 is 10.2 Å². The minimum absolute atomic E-state index is 0.0423. The molecule has 0 spiro atoms. The van der Waals surface area contributed by atoms with Crippen LogP contribution in [-0.4, -0.2) is 29.3 Å². The lowest BCUT2D eigenvalue weighted by Gasteiger charge is -2.30. The molecule has 0 aromatic heterocycles. The average molecular weight is 336 g/mol. The molecule has 5 heteroatoms. The molecule has 4 nitrogen and oxygen atoms in total. The van der Waals surface area contributed by atoms with Gasteiger partial charge in [0.25, 0.3) is 0 Å². The third kappa shape index (κ3) is 6.30. The molecule has 1 aromatic rings. The van der Waals surface area contributed by atoms with Crippen molar-refractivity contribution in [2.24, 2.45) is 0 Å². The van der Waals surface area contributed by atoms with E-state index in [1.165, 1.54) is 12.1 Å². The summed E-state index contributed by atoms with van der Waals surface area (Å²) in [5.74, 6) is -0.466. The molecule has 2 amide bonds. The van der Waals surface area contributed by atoms with Crippen LogP contribution in [-0.2, 0) is 16.1 Å². The van der Waals surface area contributed by atoms with E-state index in [1.807, 2.05) is 13.8 Å². The van der Waals surface area contributed by atoms with Crippen molar-refractivity contribution in [2.45, 2.75) is 65.5 Å². The molecule has 134 valence electrons. The molecule has 0 aliphatic rings. The van der Waals surface area contributed by atoms with Crippen LogP contribution in [0.2, 0.25) is 0 Å². The largest absolute Gasteiger partial charge is 0.354 e. The molecule has 1 N–H and O–H groups in total. The summed E-state index contributed by atoms with van der Waals surface area (Å²) >= 11 is 0. The van der Waals surface area contributed by atoms with Crippen LogP contribution in [0.5, 0.6) is 0 Å². The fourth-order valence-electron chi connectivity index (χ4n) is 2.57. The van der Waals surface area contributed by atoms with Gasteiger partial charge in [-0.3, -0.25) is 9.59 Å². The van der Waals surface area contributed by atoms with Gasteiger partial charge in [0.15, 0.2) is 0 Å². The Morgan fingerprint density at radius 1 is 1.12 bits per heavy atom. The fourth-order valence-corrected chi connectivity index (χ4v) is 2.57. The highest BCUT2D eigenvalue weighted by atomic mass is 19.1. The van der Waals surface area contributed by atoms with Crippen LogP contribution in [0.3, 0.4) is 0 Å². The predicted octanol–water partition coefficient (Wildman–Crippen LogP) is 3.65. The number of nitrogens with zero attached hydrogens (tertiary/aromatic N) is 1. The van der Waals surface area contributed by atoms with Gasteiger partial charge in [0.2, 0.25) is 11.8 Å². The van der Waals surface area contributed by atoms with Gasteiger partial charge in [-0.05, 0) is 37.0 Å². The average Bonchev–Trinajstić information content (AvgIpc) is 2.57. The van der Waals surface area contributed by atoms with Crippen molar-refractivity contribution >= 4 is 11.8 Å². The van der Waals surface area contributed by atoms with E-state index in [0.717, 1.165) is 24.8 Å². The smallest absolute Gasteiger partial charge is 0.242 e. The fraction of sp³-hybridized carbons (Fsp3) is 0.579. The first-order valence-corrected chi connectivity index (χ1v) is 8.85. The number of halogens is 1. The van der Waals surface area contributed by atoms with E-state index in [0.29, 0.717) is 25.9 Å². The molecule has 0 fully saturated rings. The summed E-state index contributed by atoms with van der Waals surface area (Å²) in [7, 11) is 0. The second-order valence-corrected chi connectivity index (χ2v) is 5.97. The monoisotopic (exact) mass is 336 g/mol. The Balaban J connectivity index is 2.90. The lowest BCUT2D eigenvalue weighted by atomic mass is 10.1. The van der Waals surface area contributed by atoms with Gasteiger partial charge >= 0.3 is 0 Å². The van der Waals surface area contributed by atoms with Crippen molar-refractivity contribution in [1.29, 1.82) is 0 Å². The maximum absolute atomic E-state index is 13.1. The van der Waals surface area contributed by atoms with Gasteiger partial charge in [-0.15, -0.1) is 0 Å². The Kier molecular flexibility index (Phi) is 9.05. The summed E-state index contributed by atoms with van der Waals surface area (Å²) in [6, 6.07) is 5.57. The summed E-state index contributed by atoms with van der Waals surface area (Å²) in [5.41, 5.74) is 0.820. The van der Waals surface area contributed by atoms with Crippen LogP contribution >= 0.6 is 0 Å². The molecule has 0 saturated heterocycles. The van der Waals surface area contributed by atoms with E-state index in [-0.39, 0.29) is 17.6 Å². The number of carbonyl (C=O) groups is 2. The molecule has 0 saturated carbocycles. The number of rotatable bonds is 10. The Bertz CT molecular complexity index is 517. The van der Waals surface area contributed by atoms with Crippen molar-refractivity contribution < 1.29 is 14.0 Å². The van der Waals surface area contributed by atoms with Crippen LogP contribution in [0.4, 0.5) is 4.39 Å². The van der Waals surface area contributed by atoms with Gasteiger partial charge in [0.1, 0.15) is 11.9 Å². The minimum Gasteiger partial charge on any atom is -0.354 e. The second-order valence-electron chi connectivity index (χ2n) is 5.97. The van der Waals surface area contributed by atoms with Crippen LogP contribution in [0, 0.1) is 5.82 Å². The molecule has 0 bridgehead atoms. The zero-order chi connectivity index (χ0) is 17.9. The van der Waals surface area contributed by atoms with E-state index in [2.05, 4.69) is 12.2 Å². The zero-order valence-electron chi connectivity index (χ0n) is 15.0. The molecule has 1 rings (SSSR count). The number of nitrogens with one attached hydrogen (secondary N) is 1. The van der Waals surface area contributed by atoms with Gasteiger partial charge in [-0.1, -0.05) is 39.3 Å². The Morgan fingerprint density at radius 2 is 1.79 bits per heavy atom. The molecule has 1 atom stereocenters. The van der Waals surface area contributed by atoms with Crippen molar-refractivity contribution in [3.8, 4) is 0 Å². The molecule has 1 unspecified atom stereocenters. The number of benzene rings is 1. The normalized spacial score (nSPS) is 11.8. The minimum atomic E-state index is -0.494. The molecule has 0 radical (unpaired) electrons. The van der Waals surface area contributed by atoms with Crippen molar-refractivity contribution in [3.05, 3.63) is 35.6 Å². The predicted molar refractivity (Wildman–Crippen MR) is 93.9 cm³/mol. The van der Waals surface area contributed by atoms with Crippen LogP contribution in [0.15, 0.2) is 24.3 Å². The number of hydrogen-bond donors (Lipinski definition) is 1. The van der Waals surface area contributed by atoms with Crippen molar-refractivity contribution in [1.82, 2.24) is 10.2 Å². The third-order valence-electron chi connectivity index (χ3n) is 3.95. The highest BCUT2D eigenvalue weighted by Crippen LogP contribution is 2.14. The van der Waals surface area contributed by atoms with Crippen LogP contribution in [0.25, 0.3) is 0 Å². The van der Waals surface area contributed by atoms with Gasteiger partial charge in [0, 0.05) is 19.5 Å². The molecule has 0 aliphatic heterocycles. The summed E-state index contributed by atoms with van der Waals surface area (Å²) in [5, 5.41) is 2.91. The number of amides is 2. The van der Waals surface area contributed by atoms with Crippen molar-refractivity contribution in [2.75, 3.05) is 6.54 Å². The number of unbranched alkanes of at least 4 members (excludes halogenated alkanes) is 1. The lowest BCUT2D eigenvalue weighted by molar-refractivity contribution is -0.141. The van der Waals surface area contributed by atoms with E-state index < -0.39 is 6.04 Å². The van der Waals surface area contributed by atoms with Gasteiger partial charge in [0.05, 0.1) is 0 Å². The standard InChI is InChI=1S/C19H29FN2O2/c1-4-7-13-21-19(24)17(6-3)22(18(23)8-5-2)14-15-9-11-16(20)12-10-15/h9-12,17H,4-8,13-14H2,1-3H3,(H,21,24). The first-order chi connectivity index (χ1) is 11.5. The van der Waals surface area contributed by atoms with Crippen LogP contribution in [0.1, 0.15) is 58.4 Å². The van der Waals surface area contributed by atoms with E-state index in [9.17, 15) is 14.0 Å². The second kappa shape index (κ2) is 10.8. The van der Waals surface area contributed by atoms with E-state index in [4.69, 9.17) is 0 Å². The first-order valence-electron chi connectivity index (χ1n) is 8.85. The van der Waals surface area contributed by atoms with E-state index >= 15 is 0 Å². The molecular weight excluding hydrogens is 307 g/mol. The maximum atomic E-state index is 13.1. The Hall–Kier alpha value is -1.91. The Labute approximate surface area is 144 Å². The highest BCUT2D eigenvalue weighted by Gasteiger charge is 2.27.